The quantitative estimate of drug-likeness (QED) is 0.867. The van der Waals surface area contributed by atoms with Crippen LogP contribution in [0, 0.1) is 16.7 Å². The first kappa shape index (κ1) is 13.1. The molecule has 1 aliphatic rings. The molecule has 1 heterocycles. The minimum Gasteiger partial charge on any atom is -0.388 e. The van der Waals surface area contributed by atoms with E-state index in [2.05, 4.69) is 24.8 Å². The van der Waals surface area contributed by atoms with Crippen molar-refractivity contribution in [3.05, 3.63) is 35.4 Å². The van der Waals surface area contributed by atoms with Crippen molar-refractivity contribution in [1.29, 1.82) is 5.26 Å². The Labute approximate surface area is 109 Å². The van der Waals surface area contributed by atoms with Crippen molar-refractivity contribution in [3.63, 3.8) is 0 Å². The molecule has 96 valence electrons. The summed E-state index contributed by atoms with van der Waals surface area (Å²) < 4.78 is 0. The van der Waals surface area contributed by atoms with E-state index in [1.165, 1.54) is 0 Å². The zero-order valence-corrected chi connectivity index (χ0v) is 11.3. The number of hydrogen-bond acceptors (Lipinski definition) is 3. The Balaban J connectivity index is 2.10. The van der Waals surface area contributed by atoms with Gasteiger partial charge in [-0.05, 0) is 24.6 Å². The lowest BCUT2D eigenvalue weighted by Crippen LogP contribution is -2.40. The lowest BCUT2D eigenvalue weighted by molar-refractivity contribution is -0.0111. The van der Waals surface area contributed by atoms with Gasteiger partial charge in [0.25, 0.3) is 0 Å². The van der Waals surface area contributed by atoms with E-state index in [4.69, 9.17) is 5.26 Å². The molecule has 0 bridgehead atoms. The monoisotopic (exact) mass is 244 g/mol. The smallest absolute Gasteiger partial charge is 0.0991 e. The van der Waals surface area contributed by atoms with Gasteiger partial charge in [0, 0.05) is 25.0 Å². The summed E-state index contributed by atoms with van der Waals surface area (Å²) in [5, 5.41) is 19.3. The van der Waals surface area contributed by atoms with Gasteiger partial charge in [-0.15, -0.1) is 0 Å². The largest absolute Gasteiger partial charge is 0.388 e. The van der Waals surface area contributed by atoms with Crippen LogP contribution in [0.2, 0.25) is 0 Å². The van der Waals surface area contributed by atoms with Crippen LogP contribution in [0.25, 0.3) is 0 Å². The van der Waals surface area contributed by atoms with Crippen LogP contribution in [-0.2, 0) is 6.54 Å². The highest BCUT2D eigenvalue weighted by molar-refractivity contribution is 5.32. The predicted octanol–water partition coefficient (Wildman–Crippen LogP) is 2.15. The van der Waals surface area contributed by atoms with Gasteiger partial charge in [-0.25, -0.2) is 0 Å². The average Bonchev–Trinajstić information content (AvgIpc) is 2.47. The van der Waals surface area contributed by atoms with E-state index in [9.17, 15) is 5.11 Å². The van der Waals surface area contributed by atoms with Crippen molar-refractivity contribution in [3.8, 4) is 6.07 Å². The van der Waals surface area contributed by atoms with Gasteiger partial charge in [-0.2, -0.15) is 5.26 Å². The first-order valence-electron chi connectivity index (χ1n) is 6.28. The minimum atomic E-state index is -0.653. The SMILES string of the molecule is CC1(C)CN(Cc2cccc(C#N)c2)C[C@]1(C)O. The van der Waals surface area contributed by atoms with Gasteiger partial charge in [-0.3, -0.25) is 4.90 Å². The first-order valence-corrected chi connectivity index (χ1v) is 6.28. The zero-order valence-electron chi connectivity index (χ0n) is 11.3. The second kappa shape index (κ2) is 4.38. The second-order valence-corrected chi connectivity index (χ2v) is 6.12. The highest BCUT2D eigenvalue weighted by Gasteiger charge is 2.47. The third-order valence-electron chi connectivity index (χ3n) is 4.07. The summed E-state index contributed by atoms with van der Waals surface area (Å²) in [6.45, 7) is 8.43. The standard InChI is InChI=1S/C15H20N2O/c1-14(2)10-17(11-15(14,3)18)9-13-6-4-5-12(7-13)8-16/h4-7,18H,9-11H2,1-3H3/t15-/m0/s1. The predicted molar refractivity (Wildman–Crippen MR) is 70.8 cm³/mol. The van der Waals surface area contributed by atoms with E-state index in [1.807, 2.05) is 31.2 Å². The Bertz CT molecular complexity index is 470. The number of benzene rings is 1. The molecular weight excluding hydrogens is 224 g/mol. The molecule has 3 nitrogen and oxygen atoms in total. The number of β-amino-alcohol motifs (C(OH)–C–C–N with tert-alkyl or cyclic N) is 1. The summed E-state index contributed by atoms with van der Waals surface area (Å²) in [6, 6.07) is 9.83. The molecule has 1 atom stereocenters. The molecule has 0 aliphatic carbocycles. The van der Waals surface area contributed by atoms with Gasteiger partial charge in [0.05, 0.1) is 17.2 Å². The van der Waals surface area contributed by atoms with Crippen LogP contribution in [0.4, 0.5) is 0 Å². The molecule has 1 N–H and O–H groups in total. The van der Waals surface area contributed by atoms with Crippen molar-refractivity contribution >= 4 is 0 Å². The maximum absolute atomic E-state index is 10.4. The van der Waals surface area contributed by atoms with Gasteiger partial charge >= 0.3 is 0 Å². The lowest BCUT2D eigenvalue weighted by atomic mass is 9.79. The second-order valence-electron chi connectivity index (χ2n) is 6.12. The van der Waals surface area contributed by atoms with E-state index in [-0.39, 0.29) is 5.41 Å². The fourth-order valence-corrected chi connectivity index (χ4v) is 2.54. The fourth-order valence-electron chi connectivity index (χ4n) is 2.54. The summed E-state index contributed by atoms with van der Waals surface area (Å²) in [5.74, 6) is 0. The van der Waals surface area contributed by atoms with Crippen molar-refractivity contribution in [1.82, 2.24) is 4.90 Å². The van der Waals surface area contributed by atoms with Crippen molar-refractivity contribution in [2.75, 3.05) is 13.1 Å². The number of nitriles is 1. The molecule has 3 heteroatoms. The summed E-state index contributed by atoms with van der Waals surface area (Å²) in [6.07, 6.45) is 0. The first-order chi connectivity index (χ1) is 8.34. The molecule has 1 aromatic rings. The average molecular weight is 244 g/mol. The molecule has 1 saturated heterocycles. The third-order valence-corrected chi connectivity index (χ3v) is 4.07. The number of likely N-dealkylation sites (tertiary alicyclic amines) is 1. The molecule has 0 saturated carbocycles. The van der Waals surface area contributed by atoms with Gasteiger partial charge in [0.2, 0.25) is 0 Å². The Hall–Kier alpha value is -1.37. The van der Waals surface area contributed by atoms with Crippen LogP contribution in [0.1, 0.15) is 31.9 Å². The topological polar surface area (TPSA) is 47.3 Å². The Morgan fingerprint density at radius 1 is 1.33 bits per heavy atom. The normalized spacial score (nSPS) is 27.1. The number of rotatable bonds is 2. The summed E-state index contributed by atoms with van der Waals surface area (Å²) in [5.41, 5.74) is 1.07. The number of hydrogen-bond donors (Lipinski definition) is 1. The third kappa shape index (κ3) is 2.40. The van der Waals surface area contributed by atoms with Crippen molar-refractivity contribution in [2.45, 2.75) is 32.9 Å². The molecule has 0 unspecified atom stereocenters. The summed E-state index contributed by atoms with van der Waals surface area (Å²) in [7, 11) is 0. The van der Waals surface area contributed by atoms with Crippen molar-refractivity contribution in [2.24, 2.45) is 5.41 Å². The van der Waals surface area contributed by atoms with Crippen molar-refractivity contribution < 1.29 is 5.11 Å². The molecule has 1 fully saturated rings. The van der Waals surface area contributed by atoms with Gasteiger partial charge in [-0.1, -0.05) is 26.0 Å². The number of aliphatic hydroxyl groups is 1. The van der Waals surface area contributed by atoms with E-state index in [1.54, 1.807) is 0 Å². The molecule has 0 aromatic heterocycles. The van der Waals surface area contributed by atoms with Crippen LogP contribution in [0.3, 0.4) is 0 Å². The number of nitrogens with zero attached hydrogens (tertiary/aromatic N) is 2. The molecular formula is C15H20N2O. The van der Waals surface area contributed by atoms with Crippen LogP contribution >= 0.6 is 0 Å². The van der Waals surface area contributed by atoms with E-state index < -0.39 is 5.60 Å². The van der Waals surface area contributed by atoms with Gasteiger partial charge < -0.3 is 5.11 Å². The lowest BCUT2D eigenvalue weighted by Gasteiger charge is -2.31. The van der Waals surface area contributed by atoms with Gasteiger partial charge in [0.15, 0.2) is 0 Å². The Morgan fingerprint density at radius 2 is 2.06 bits per heavy atom. The van der Waals surface area contributed by atoms with E-state index >= 15 is 0 Å². The van der Waals surface area contributed by atoms with Crippen LogP contribution in [-0.4, -0.2) is 28.7 Å². The Morgan fingerprint density at radius 3 is 2.61 bits per heavy atom. The van der Waals surface area contributed by atoms with E-state index in [0.717, 1.165) is 18.7 Å². The molecule has 0 amide bonds. The van der Waals surface area contributed by atoms with Crippen LogP contribution in [0.15, 0.2) is 24.3 Å². The maximum Gasteiger partial charge on any atom is 0.0991 e. The summed E-state index contributed by atoms with van der Waals surface area (Å²) >= 11 is 0. The molecule has 1 aliphatic heterocycles. The summed E-state index contributed by atoms with van der Waals surface area (Å²) in [4.78, 5) is 2.25. The van der Waals surface area contributed by atoms with Crippen LogP contribution in [0.5, 0.6) is 0 Å². The highest BCUT2D eigenvalue weighted by atomic mass is 16.3. The molecule has 0 radical (unpaired) electrons. The molecule has 0 spiro atoms. The zero-order chi connectivity index (χ0) is 13.4. The molecule has 1 aromatic carbocycles. The maximum atomic E-state index is 10.4. The highest BCUT2D eigenvalue weighted by Crippen LogP contribution is 2.38. The van der Waals surface area contributed by atoms with Gasteiger partial charge in [0.1, 0.15) is 0 Å². The van der Waals surface area contributed by atoms with Crippen LogP contribution < -0.4 is 0 Å². The minimum absolute atomic E-state index is 0.0974. The fraction of sp³-hybridized carbons (Fsp3) is 0.533. The van der Waals surface area contributed by atoms with E-state index in [0.29, 0.717) is 12.1 Å². The Kier molecular flexibility index (Phi) is 3.18. The molecule has 2 rings (SSSR count). The molecule has 18 heavy (non-hydrogen) atoms.